The number of likely N-dealkylation sites (tertiary alicyclic amines) is 1. The smallest absolute Gasteiger partial charge is 0.310 e. The van der Waals surface area contributed by atoms with E-state index in [0.29, 0.717) is 12.1 Å². The number of alkyl halides is 1. The summed E-state index contributed by atoms with van der Waals surface area (Å²) in [5, 5.41) is 22.4. The summed E-state index contributed by atoms with van der Waals surface area (Å²) in [6.45, 7) is 7.41. The second kappa shape index (κ2) is 9.53. The second-order valence-corrected chi connectivity index (χ2v) is 11.7. The van der Waals surface area contributed by atoms with Crippen LogP contribution in [0.5, 0.6) is 0 Å². The lowest BCUT2D eigenvalue weighted by atomic mass is 9.70. The van der Waals surface area contributed by atoms with Gasteiger partial charge in [0, 0.05) is 17.1 Å². The molecule has 3 heterocycles. The minimum atomic E-state index is -1.31. The third kappa shape index (κ3) is 3.82. The van der Waals surface area contributed by atoms with Crippen LogP contribution in [0, 0.1) is 17.8 Å². The highest BCUT2D eigenvalue weighted by Gasteiger charge is 2.77. The molecule has 0 radical (unpaired) electrons. The Bertz CT molecular complexity index is 1270. The molecule has 3 aliphatic rings. The maximum atomic E-state index is 14.5. The molecule has 2 amide bonds. The number of hydrogen-bond acceptors (Lipinski definition) is 5. The summed E-state index contributed by atoms with van der Waals surface area (Å²) < 4.78 is 6.37. The number of hydrogen-bond donors (Lipinski definition) is 2. The Morgan fingerprint density at radius 1 is 1.27 bits per heavy atom. The van der Waals surface area contributed by atoms with Crippen molar-refractivity contribution in [3.63, 3.8) is 0 Å². The van der Waals surface area contributed by atoms with Gasteiger partial charge < -0.3 is 24.7 Å². The molecule has 2 aromatic rings. The van der Waals surface area contributed by atoms with Gasteiger partial charge in [-0.05, 0) is 35.2 Å². The van der Waals surface area contributed by atoms with Gasteiger partial charge in [0.15, 0.2) is 0 Å². The first-order chi connectivity index (χ1) is 17.7. The maximum absolute atomic E-state index is 14.5. The predicted octanol–water partition coefficient (Wildman–Crippen LogP) is 3.21. The molecule has 0 aromatic heterocycles. The van der Waals surface area contributed by atoms with Crippen molar-refractivity contribution in [2.24, 2.45) is 17.8 Å². The SMILES string of the molecule is C=CCN(C(=O)[C@H]1N([C@@H](CO)C(C)C)C(=O)[C@@H]2[C@@H](C(=O)O)[C@@H]3O[C@@]21CC3Br)c1ccc2ccccc2c1. The number of carbonyl (C=O) groups is 3. The number of carbonyl (C=O) groups excluding carboxylic acids is 2. The minimum absolute atomic E-state index is 0.173. The normalized spacial score (nSPS) is 31.1. The van der Waals surface area contributed by atoms with E-state index < -0.39 is 47.5 Å². The van der Waals surface area contributed by atoms with E-state index in [1.165, 1.54) is 4.90 Å². The maximum Gasteiger partial charge on any atom is 0.310 e. The highest BCUT2D eigenvalue weighted by Crippen LogP contribution is 2.60. The molecule has 5 rings (SSSR count). The summed E-state index contributed by atoms with van der Waals surface area (Å²) >= 11 is 3.57. The van der Waals surface area contributed by atoms with Crippen LogP contribution in [-0.2, 0) is 19.1 Å². The van der Waals surface area contributed by atoms with E-state index in [1.54, 1.807) is 11.0 Å². The van der Waals surface area contributed by atoms with Crippen molar-refractivity contribution >= 4 is 50.2 Å². The van der Waals surface area contributed by atoms with Crippen LogP contribution < -0.4 is 4.90 Å². The number of carboxylic acid groups (broad SMARTS) is 1. The molecule has 37 heavy (non-hydrogen) atoms. The number of rotatable bonds is 8. The quantitative estimate of drug-likeness (QED) is 0.373. The van der Waals surface area contributed by atoms with Gasteiger partial charge in [0.1, 0.15) is 11.6 Å². The molecule has 1 spiro atoms. The highest BCUT2D eigenvalue weighted by atomic mass is 79.9. The van der Waals surface area contributed by atoms with Gasteiger partial charge >= 0.3 is 5.97 Å². The standard InChI is InChI=1S/C28H31BrN2O6/c1-4-11-30(18-10-9-16-7-5-6-8-17(16)12-18)26(34)24-28-13-19(29)23(37-28)21(27(35)36)22(28)25(33)31(24)20(14-32)15(2)3/h4-10,12,15,19-24,32H,1,11,13-14H2,2-3H3,(H,35,36)/t19?,20-,21+,22-,23+,24+,28-/m0/s1. The van der Waals surface area contributed by atoms with E-state index in [2.05, 4.69) is 22.5 Å². The molecule has 196 valence electrons. The number of benzene rings is 2. The van der Waals surface area contributed by atoms with Crippen LogP contribution in [-0.4, -0.2) is 74.7 Å². The molecule has 8 nitrogen and oxygen atoms in total. The molecule has 3 saturated heterocycles. The Kier molecular flexibility index (Phi) is 6.66. The highest BCUT2D eigenvalue weighted by molar-refractivity contribution is 9.09. The van der Waals surface area contributed by atoms with Crippen LogP contribution >= 0.6 is 15.9 Å². The number of aliphatic hydroxyl groups excluding tert-OH is 1. The Balaban J connectivity index is 1.65. The molecular formula is C28H31BrN2O6. The van der Waals surface area contributed by atoms with E-state index in [4.69, 9.17) is 4.74 Å². The van der Waals surface area contributed by atoms with Gasteiger partial charge in [-0.1, -0.05) is 66.2 Å². The molecule has 3 fully saturated rings. The zero-order valence-electron chi connectivity index (χ0n) is 20.8. The van der Waals surface area contributed by atoms with Crippen LogP contribution in [0.4, 0.5) is 5.69 Å². The first-order valence-electron chi connectivity index (χ1n) is 12.5. The van der Waals surface area contributed by atoms with E-state index in [0.717, 1.165) is 10.8 Å². The summed E-state index contributed by atoms with van der Waals surface area (Å²) in [5.41, 5.74) is -0.673. The van der Waals surface area contributed by atoms with Gasteiger partial charge in [-0.2, -0.15) is 0 Å². The molecule has 0 aliphatic carbocycles. The zero-order valence-corrected chi connectivity index (χ0v) is 22.4. The van der Waals surface area contributed by atoms with Crippen molar-refractivity contribution in [3.8, 4) is 0 Å². The van der Waals surface area contributed by atoms with Gasteiger partial charge in [-0.15, -0.1) is 6.58 Å². The molecule has 0 saturated carbocycles. The van der Waals surface area contributed by atoms with Crippen molar-refractivity contribution < 1.29 is 29.3 Å². The largest absolute Gasteiger partial charge is 0.481 e. The molecule has 1 unspecified atom stereocenters. The molecule has 9 heteroatoms. The number of anilines is 1. The fourth-order valence-electron chi connectivity index (χ4n) is 6.55. The zero-order chi connectivity index (χ0) is 26.6. The molecule has 2 aromatic carbocycles. The molecule has 7 atom stereocenters. The molecule has 2 bridgehead atoms. The van der Waals surface area contributed by atoms with Gasteiger partial charge in [0.05, 0.1) is 30.6 Å². The number of aliphatic carboxylic acids is 1. The fraction of sp³-hybridized carbons (Fsp3) is 0.464. The molecular weight excluding hydrogens is 540 g/mol. The topological polar surface area (TPSA) is 107 Å². The summed E-state index contributed by atoms with van der Waals surface area (Å²) in [6.07, 6.45) is 1.22. The number of fused-ring (bicyclic) bond motifs is 2. The second-order valence-electron chi connectivity index (χ2n) is 10.5. The lowest BCUT2D eigenvalue weighted by Gasteiger charge is -2.40. The molecule has 2 N–H and O–H groups in total. The summed E-state index contributed by atoms with van der Waals surface area (Å²) in [6, 6.07) is 11.8. The Labute approximate surface area is 224 Å². The van der Waals surface area contributed by atoms with Crippen LogP contribution in [0.2, 0.25) is 0 Å². The monoisotopic (exact) mass is 570 g/mol. The van der Waals surface area contributed by atoms with E-state index in [9.17, 15) is 24.6 Å². The summed E-state index contributed by atoms with van der Waals surface area (Å²) in [4.78, 5) is 43.5. The average Bonchev–Trinajstić information content (AvgIpc) is 3.46. The van der Waals surface area contributed by atoms with Gasteiger partial charge in [0.25, 0.3) is 5.91 Å². The first kappa shape index (κ1) is 25.9. The Morgan fingerprint density at radius 2 is 1.97 bits per heavy atom. The lowest BCUT2D eigenvalue weighted by Crippen LogP contribution is -2.60. The van der Waals surface area contributed by atoms with Crippen molar-refractivity contribution in [2.45, 2.75) is 48.9 Å². The van der Waals surface area contributed by atoms with E-state index in [1.807, 2.05) is 56.3 Å². The van der Waals surface area contributed by atoms with Crippen LogP contribution in [0.1, 0.15) is 20.3 Å². The minimum Gasteiger partial charge on any atom is -0.481 e. The number of amides is 2. The van der Waals surface area contributed by atoms with Gasteiger partial charge in [-0.25, -0.2) is 0 Å². The molecule has 3 aliphatic heterocycles. The number of aliphatic hydroxyl groups is 1. The fourth-order valence-corrected chi connectivity index (χ4v) is 7.49. The first-order valence-corrected chi connectivity index (χ1v) is 13.5. The number of carboxylic acids is 1. The summed E-state index contributed by atoms with van der Waals surface area (Å²) in [5.74, 6) is -4.20. The lowest BCUT2D eigenvalue weighted by molar-refractivity contribution is -0.151. The number of nitrogens with zero attached hydrogens (tertiary/aromatic N) is 2. The van der Waals surface area contributed by atoms with E-state index in [-0.39, 0.29) is 29.8 Å². The third-order valence-corrected chi connectivity index (χ3v) is 9.03. The number of halogens is 1. The number of ether oxygens (including phenoxy) is 1. The van der Waals surface area contributed by atoms with Crippen LogP contribution in [0.3, 0.4) is 0 Å². The Morgan fingerprint density at radius 3 is 2.59 bits per heavy atom. The summed E-state index contributed by atoms with van der Waals surface area (Å²) in [7, 11) is 0. The Hall–Kier alpha value is -2.75. The van der Waals surface area contributed by atoms with Crippen molar-refractivity contribution in [1.82, 2.24) is 4.90 Å². The van der Waals surface area contributed by atoms with Gasteiger partial charge in [-0.3, -0.25) is 14.4 Å². The van der Waals surface area contributed by atoms with Crippen molar-refractivity contribution in [1.29, 1.82) is 0 Å². The van der Waals surface area contributed by atoms with Crippen LogP contribution in [0.25, 0.3) is 10.8 Å². The van der Waals surface area contributed by atoms with Crippen molar-refractivity contribution in [3.05, 3.63) is 55.1 Å². The predicted molar refractivity (Wildman–Crippen MR) is 142 cm³/mol. The average molecular weight is 571 g/mol. The van der Waals surface area contributed by atoms with Gasteiger partial charge in [0.2, 0.25) is 5.91 Å². The van der Waals surface area contributed by atoms with E-state index >= 15 is 0 Å². The van der Waals surface area contributed by atoms with Crippen LogP contribution in [0.15, 0.2) is 55.1 Å². The van der Waals surface area contributed by atoms with Crippen molar-refractivity contribution in [2.75, 3.05) is 18.1 Å². The third-order valence-electron chi connectivity index (χ3n) is 8.18.